The Balaban J connectivity index is 2.16. The molecule has 0 aliphatic rings. The SMILES string of the molecule is Cc1cccc(N=C(c2ccccc2)c2cn(C)cn2)c1O[SiH](C)C. The molecule has 0 N–H and O–H groups in total. The van der Waals surface area contributed by atoms with Gasteiger partial charge in [-0.25, -0.2) is 9.98 Å². The molecule has 0 radical (unpaired) electrons. The van der Waals surface area contributed by atoms with Crippen LogP contribution in [0.1, 0.15) is 16.8 Å². The third-order valence-corrected chi connectivity index (χ3v) is 4.48. The Bertz CT molecular complexity index is 885. The number of benzene rings is 2. The van der Waals surface area contributed by atoms with Crippen LogP contribution in [0.2, 0.25) is 13.1 Å². The highest BCUT2D eigenvalue weighted by Gasteiger charge is 2.14. The molecular weight excluding hydrogens is 326 g/mol. The van der Waals surface area contributed by atoms with E-state index in [2.05, 4.69) is 43.2 Å². The van der Waals surface area contributed by atoms with E-state index in [1.807, 2.05) is 48.1 Å². The third kappa shape index (κ3) is 4.06. The minimum Gasteiger partial charge on any atom is -0.545 e. The summed E-state index contributed by atoms with van der Waals surface area (Å²) in [4.78, 5) is 9.47. The minimum absolute atomic E-state index is 0.849. The Morgan fingerprint density at radius 3 is 2.48 bits per heavy atom. The van der Waals surface area contributed by atoms with Crippen LogP contribution in [0.3, 0.4) is 0 Å². The number of rotatable bonds is 5. The van der Waals surface area contributed by atoms with Crippen molar-refractivity contribution in [1.29, 1.82) is 0 Å². The highest BCUT2D eigenvalue weighted by molar-refractivity contribution is 6.49. The van der Waals surface area contributed by atoms with Crippen molar-refractivity contribution in [3.8, 4) is 5.75 Å². The van der Waals surface area contributed by atoms with Gasteiger partial charge in [-0.2, -0.15) is 0 Å². The second-order valence-electron chi connectivity index (χ2n) is 6.34. The summed E-state index contributed by atoms with van der Waals surface area (Å²) in [6.07, 6.45) is 3.78. The standard InChI is InChI=1S/C20H23N3OSi/c1-15-9-8-12-17(20(15)24-25(3)4)22-19(16-10-6-5-7-11-16)18-13-23(2)14-21-18/h5-14,25H,1-4H3. The van der Waals surface area contributed by atoms with Gasteiger partial charge in [-0.05, 0) is 31.6 Å². The van der Waals surface area contributed by atoms with E-state index in [1.54, 1.807) is 6.33 Å². The van der Waals surface area contributed by atoms with E-state index < -0.39 is 9.04 Å². The fourth-order valence-corrected chi connectivity index (χ4v) is 3.41. The first-order valence-electron chi connectivity index (χ1n) is 8.43. The normalized spacial score (nSPS) is 11.8. The molecule has 5 heteroatoms. The van der Waals surface area contributed by atoms with Gasteiger partial charge in [0.1, 0.15) is 17.1 Å². The molecule has 0 aliphatic heterocycles. The number of imidazole rings is 1. The van der Waals surface area contributed by atoms with Gasteiger partial charge in [0.15, 0.2) is 0 Å². The highest BCUT2D eigenvalue weighted by Crippen LogP contribution is 2.32. The summed E-state index contributed by atoms with van der Waals surface area (Å²) >= 11 is 0. The molecule has 128 valence electrons. The summed E-state index contributed by atoms with van der Waals surface area (Å²) in [7, 11) is 0.732. The van der Waals surface area contributed by atoms with Gasteiger partial charge in [-0.1, -0.05) is 42.5 Å². The van der Waals surface area contributed by atoms with Crippen LogP contribution in [0.5, 0.6) is 5.75 Å². The van der Waals surface area contributed by atoms with Crippen molar-refractivity contribution in [3.63, 3.8) is 0 Å². The van der Waals surface area contributed by atoms with Crippen molar-refractivity contribution in [2.45, 2.75) is 20.0 Å². The molecule has 1 heterocycles. The highest BCUT2D eigenvalue weighted by atomic mass is 28.3. The Morgan fingerprint density at radius 2 is 1.84 bits per heavy atom. The molecule has 0 spiro atoms. The maximum atomic E-state index is 6.16. The summed E-state index contributed by atoms with van der Waals surface area (Å²) in [6.45, 7) is 6.39. The molecule has 0 saturated carbocycles. The molecule has 0 aliphatic carbocycles. The molecule has 0 bridgehead atoms. The number of aryl methyl sites for hydroxylation is 2. The number of para-hydroxylation sites is 1. The molecule has 0 amide bonds. The zero-order valence-corrected chi connectivity index (χ0v) is 16.3. The van der Waals surface area contributed by atoms with Crippen molar-refractivity contribution in [3.05, 3.63) is 77.9 Å². The van der Waals surface area contributed by atoms with E-state index in [-0.39, 0.29) is 0 Å². The van der Waals surface area contributed by atoms with Crippen LogP contribution in [0.15, 0.2) is 66.0 Å². The molecule has 25 heavy (non-hydrogen) atoms. The third-order valence-electron chi connectivity index (χ3n) is 3.77. The molecule has 0 unspecified atom stereocenters. The lowest BCUT2D eigenvalue weighted by Crippen LogP contribution is -2.12. The van der Waals surface area contributed by atoms with Crippen molar-refractivity contribution in [1.82, 2.24) is 9.55 Å². The van der Waals surface area contributed by atoms with Crippen molar-refractivity contribution in [2.75, 3.05) is 0 Å². The Hall–Kier alpha value is -2.66. The topological polar surface area (TPSA) is 39.4 Å². The Kier molecular flexibility index (Phi) is 5.14. The van der Waals surface area contributed by atoms with Gasteiger partial charge in [-0.3, -0.25) is 0 Å². The monoisotopic (exact) mass is 349 g/mol. The molecule has 3 rings (SSSR count). The number of nitrogens with zero attached hydrogens (tertiary/aromatic N) is 3. The molecule has 2 aromatic carbocycles. The molecule has 0 saturated heterocycles. The maximum absolute atomic E-state index is 6.16. The first-order chi connectivity index (χ1) is 12.0. The van der Waals surface area contributed by atoms with E-state index >= 15 is 0 Å². The van der Waals surface area contributed by atoms with Gasteiger partial charge in [0.25, 0.3) is 0 Å². The maximum Gasteiger partial charge on any atom is 0.229 e. The second kappa shape index (κ2) is 7.48. The van der Waals surface area contributed by atoms with Gasteiger partial charge < -0.3 is 8.99 Å². The van der Waals surface area contributed by atoms with Crippen LogP contribution >= 0.6 is 0 Å². The number of hydrogen-bond donors (Lipinski definition) is 0. The first-order valence-corrected chi connectivity index (χ1v) is 11.2. The predicted molar refractivity (Wildman–Crippen MR) is 106 cm³/mol. The first kappa shape index (κ1) is 17.2. The van der Waals surface area contributed by atoms with E-state index in [0.717, 1.165) is 34.0 Å². The van der Waals surface area contributed by atoms with Gasteiger partial charge in [0.05, 0.1) is 12.0 Å². The van der Waals surface area contributed by atoms with E-state index in [4.69, 9.17) is 9.42 Å². The van der Waals surface area contributed by atoms with E-state index in [1.165, 1.54) is 0 Å². The second-order valence-corrected chi connectivity index (χ2v) is 8.67. The summed E-state index contributed by atoms with van der Waals surface area (Å²) in [5.74, 6) is 0.883. The van der Waals surface area contributed by atoms with Crippen LogP contribution < -0.4 is 4.43 Å². The van der Waals surface area contributed by atoms with Crippen LogP contribution in [0.4, 0.5) is 5.69 Å². The average Bonchev–Trinajstić information content (AvgIpc) is 3.02. The fourth-order valence-electron chi connectivity index (χ4n) is 2.64. The fraction of sp³-hybridized carbons (Fsp3) is 0.200. The number of aliphatic imine (C=N–C) groups is 1. The lowest BCUT2D eigenvalue weighted by atomic mass is 10.1. The van der Waals surface area contributed by atoms with E-state index in [0.29, 0.717) is 0 Å². The van der Waals surface area contributed by atoms with Crippen molar-refractivity contribution < 1.29 is 4.43 Å². The lowest BCUT2D eigenvalue weighted by molar-refractivity contribution is 0.577. The largest absolute Gasteiger partial charge is 0.545 e. The van der Waals surface area contributed by atoms with Crippen molar-refractivity contribution >= 4 is 20.4 Å². The molecule has 0 fully saturated rings. The quantitative estimate of drug-likeness (QED) is 0.510. The zero-order valence-electron chi connectivity index (χ0n) is 15.1. The van der Waals surface area contributed by atoms with Crippen LogP contribution in [0.25, 0.3) is 0 Å². The van der Waals surface area contributed by atoms with Gasteiger partial charge in [0.2, 0.25) is 9.04 Å². The van der Waals surface area contributed by atoms with Crippen molar-refractivity contribution in [2.24, 2.45) is 12.0 Å². The number of hydrogen-bond acceptors (Lipinski definition) is 3. The Morgan fingerprint density at radius 1 is 1.08 bits per heavy atom. The van der Waals surface area contributed by atoms with Gasteiger partial charge in [-0.15, -0.1) is 0 Å². The molecular formula is C20H23N3OSi. The average molecular weight is 350 g/mol. The molecule has 4 nitrogen and oxygen atoms in total. The molecule has 1 aromatic heterocycles. The number of aromatic nitrogens is 2. The summed E-state index contributed by atoms with van der Waals surface area (Å²) < 4.78 is 8.09. The van der Waals surface area contributed by atoms with Crippen LogP contribution in [-0.4, -0.2) is 24.3 Å². The smallest absolute Gasteiger partial charge is 0.229 e. The molecule has 3 aromatic rings. The molecule has 0 atom stereocenters. The predicted octanol–water partition coefficient (Wildman–Crippen LogP) is 4.26. The summed E-state index contributed by atoms with van der Waals surface area (Å²) in [5, 5.41) is 0. The lowest BCUT2D eigenvalue weighted by Gasteiger charge is -2.15. The minimum atomic E-state index is -1.23. The van der Waals surface area contributed by atoms with Gasteiger partial charge in [0, 0.05) is 18.8 Å². The van der Waals surface area contributed by atoms with Gasteiger partial charge >= 0.3 is 0 Å². The summed E-state index contributed by atoms with van der Waals surface area (Å²) in [5.41, 5.74) is 4.70. The Labute approximate surface area is 150 Å². The van der Waals surface area contributed by atoms with Crippen LogP contribution in [0, 0.1) is 6.92 Å². The zero-order chi connectivity index (χ0) is 17.8. The van der Waals surface area contributed by atoms with Crippen LogP contribution in [-0.2, 0) is 7.05 Å². The summed E-state index contributed by atoms with van der Waals surface area (Å²) in [6, 6.07) is 16.2. The van der Waals surface area contributed by atoms with E-state index in [9.17, 15) is 0 Å².